The van der Waals surface area contributed by atoms with Gasteiger partial charge >= 0.3 is 6.09 Å². The van der Waals surface area contributed by atoms with E-state index in [1.807, 2.05) is 4.90 Å². The number of hydrogen-bond acceptors (Lipinski definition) is 5. The largest absolute Gasteiger partial charge is 0.453 e. The molecule has 25 heavy (non-hydrogen) atoms. The Balaban J connectivity index is 1.59. The summed E-state index contributed by atoms with van der Waals surface area (Å²) in [6.45, 7) is 4.96. The number of piperidine rings is 1. The third kappa shape index (κ3) is 4.52. The van der Waals surface area contributed by atoms with Crippen LogP contribution in [0.25, 0.3) is 0 Å². The van der Waals surface area contributed by atoms with Gasteiger partial charge in [-0.05, 0) is 37.1 Å². The number of amides is 2. The molecule has 6 nitrogen and oxygen atoms in total. The summed E-state index contributed by atoms with van der Waals surface area (Å²) in [4.78, 5) is 32.3. The summed E-state index contributed by atoms with van der Waals surface area (Å²) in [6.07, 6.45) is 3.26. The molecular formula is C18H27N3O3S. The highest BCUT2D eigenvalue weighted by Gasteiger charge is 2.35. The van der Waals surface area contributed by atoms with Gasteiger partial charge in [-0.3, -0.25) is 14.6 Å². The summed E-state index contributed by atoms with van der Waals surface area (Å²) in [5.41, 5.74) is 0. The number of thiophene rings is 1. The van der Waals surface area contributed by atoms with Crippen molar-refractivity contribution in [3.05, 3.63) is 22.4 Å². The number of methoxy groups -OCH3 is 1. The maximum absolute atomic E-state index is 13.0. The van der Waals surface area contributed by atoms with Gasteiger partial charge in [-0.1, -0.05) is 6.07 Å². The van der Waals surface area contributed by atoms with Crippen LogP contribution in [0, 0.1) is 0 Å². The molecule has 0 radical (unpaired) electrons. The zero-order valence-electron chi connectivity index (χ0n) is 14.9. The maximum Gasteiger partial charge on any atom is 0.410 e. The summed E-state index contributed by atoms with van der Waals surface area (Å²) in [7, 11) is 1.38. The minimum absolute atomic E-state index is 0.0862. The van der Waals surface area contributed by atoms with Gasteiger partial charge in [0, 0.05) is 44.1 Å². The lowest BCUT2D eigenvalue weighted by atomic mass is 10.0. The molecule has 2 fully saturated rings. The zero-order valence-corrected chi connectivity index (χ0v) is 15.7. The monoisotopic (exact) mass is 365 g/mol. The average Bonchev–Trinajstić information content (AvgIpc) is 3.05. The molecule has 2 saturated heterocycles. The van der Waals surface area contributed by atoms with E-state index < -0.39 is 0 Å². The Morgan fingerprint density at radius 2 is 2.04 bits per heavy atom. The number of hydrogen-bond donors (Lipinski definition) is 0. The fraction of sp³-hybridized carbons (Fsp3) is 0.667. The normalized spacial score (nSPS) is 22.5. The van der Waals surface area contributed by atoms with Crippen LogP contribution >= 0.6 is 11.3 Å². The highest BCUT2D eigenvalue weighted by Crippen LogP contribution is 2.21. The molecule has 0 N–H and O–H groups in total. The van der Waals surface area contributed by atoms with E-state index in [9.17, 15) is 9.59 Å². The van der Waals surface area contributed by atoms with E-state index >= 15 is 0 Å². The molecule has 0 aliphatic carbocycles. The number of ether oxygens (including phenoxy) is 1. The van der Waals surface area contributed by atoms with Crippen LogP contribution < -0.4 is 0 Å². The molecule has 0 spiro atoms. The van der Waals surface area contributed by atoms with E-state index in [-0.39, 0.29) is 18.0 Å². The molecule has 0 saturated carbocycles. The predicted octanol–water partition coefficient (Wildman–Crippen LogP) is 2.40. The number of carbonyl (C=O) groups excluding carboxylic acids is 2. The summed E-state index contributed by atoms with van der Waals surface area (Å²) in [6, 6.07) is 3.89. The Kier molecular flexibility index (Phi) is 6.31. The minimum Gasteiger partial charge on any atom is -0.453 e. The van der Waals surface area contributed by atoms with Gasteiger partial charge in [0.15, 0.2) is 0 Å². The molecule has 3 rings (SSSR count). The van der Waals surface area contributed by atoms with Crippen LogP contribution in [-0.4, -0.2) is 72.6 Å². The van der Waals surface area contributed by atoms with Crippen molar-refractivity contribution in [3.63, 3.8) is 0 Å². The van der Waals surface area contributed by atoms with Gasteiger partial charge in [0.25, 0.3) is 0 Å². The topological polar surface area (TPSA) is 53.1 Å². The lowest BCUT2D eigenvalue weighted by Crippen LogP contribution is -2.53. The molecule has 0 aromatic carbocycles. The fourth-order valence-electron chi connectivity index (χ4n) is 3.71. The summed E-state index contributed by atoms with van der Waals surface area (Å²) in [5.74, 6) is 0.0862. The number of rotatable bonds is 3. The Morgan fingerprint density at radius 1 is 1.16 bits per heavy atom. The van der Waals surface area contributed by atoms with Crippen LogP contribution in [0.4, 0.5) is 4.79 Å². The molecule has 1 aromatic rings. The predicted molar refractivity (Wildman–Crippen MR) is 97.5 cm³/mol. The summed E-state index contributed by atoms with van der Waals surface area (Å²) < 4.78 is 4.87. The molecule has 0 bridgehead atoms. The quantitative estimate of drug-likeness (QED) is 0.825. The Bertz CT molecular complexity index is 578. The summed E-state index contributed by atoms with van der Waals surface area (Å²) in [5, 5.41) is 2.10. The van der Waals surface area contributed by atoms with Gasteiger partial charge < -0.3 is 9.64 Å². The standard InChI is InChI=1S/C18H27N3O3S/c1-24-18(23)21-10-3-2-7-16(21)17(22)20-9-5-8-19(11-12-20)14-15-6-4-13-25-15/h4,6,13,16H,2-3,5,7-12,14H2,1H3/t16-/m0/s1. The average molecular weight is 365 g/mol. The van der Waals surface area contributed by atoms with Crippen molar-refractivity contribution in [1.29, 1.82) is 0 Å². The fourth-order valence-corrected chi connectivity index (χ4v) is 4.45. The van der Waals surface area contributed by atoms with Crippen LogP contribution in [-0.2, 0) is 16.1 Å². The molecule has 1 aromatic heterocycles. The first-order chi connectivity index (χ1) is 12.2. The third-order valence-corrected chi connectivity index (χ3v) is 5.92. The van der Waals surface area contributed by atoms with E-state index in [2.05, 4.69) is 22.4 Å². The van der Waals surface area contributed by atoms with Crippen LogP contribution in [0.3, 0.4) is 0 Å². The Labute approximate surface area is 153 Å². The number of carbonyl (C=O) groups is 2. The van der Waals surface area contributed by atoms with Crippen LogP contribution in [0.2, 0.25) is 0 Å². The highest BCUT2D eigenvalue weighted by atomic mass is 32.1. The highest BCUT2D eigenvalue weighted by molar-refractivity contribution is 7.09. The molecule has 1 atom stereocenters. The molecule has 2 aliphatic heterocycles. The first-order valence-electron chi connectivity index (χ1n) is 9.07. The van der Waals surface area contributed by atoms with E-state index in [1.165, 1.54) is 12.0 Å². The lowest BCUT2D eigenvalue weighted by molar-refractivity contribution is -0.137. The van der Waals surface area contributed by atoms with Crippen molar-refractivity contribution >= 4 is 23.3 Å². The Morgan fingerprint density at radius 3 is 2.80 bits per heavy atom. The minimum atomic E-state index is -0.382. The second-order valence-corrected chi connectivity index (χ2v) is 7.74. The molecule has 0 unspecified atom stereocenters. The smallest absolute Gasteiger partial charge is 0.410 e. The van der Waals surface area contributed by atoms with Gasteiger partial charge in [-0.15, -0.1) is 11.3 Å². The van der Waals surface area contributed by atoms with Crippen LogP contribution in [0.1, 0.15) is 30.6 Å². The SMILES string of the molecule is COC(=O)N1CCCC[C@H]1C(=O)N1CCCN(Cc2cccs2)CC1. The van der Waals surface area contributed by atoms with Crippen molar-refractivity contribution in [3.8, 4) is 0 Å². The second kappa shape index (κ2) is 8.67. The molecule has 3 heterocycles. The zero-order chi connectivity index (χ0) is 17.6. The number of likely N-dealkylation sites (tertiary alicyclic amines) is 1. The first-order valence-corrected chi connectivity index (χ1v) is 9.95. The third-order valence-electron chi connectivity index (χ3n) is 5.06. The van der Waals surface area contributed by atoms with Gasteiger partial charge in [0.05, 0.1) is 7.11 Å². The van der Waals surface area contributed by atoms with Gasteiger partial charge in [-0.25, -0.2) is 4.79 Å². The van der Waals surface area contributed by atoms with E-state index in [0.29, 0.717) is 6.54 Å². The van der Waals surface area contributed by atoms with Gasteiger partial charge in [0.2, 0.25) is 5.91 Å². The van der Waals surface area contributed by atoms with Gasteiger partial charge in [0.1, 0.15) is 6.04 Å². The lowest BCUT2D eigenvalue weighted by Gasteiger charge is -2.36. The van der Waals surface area contributed by atoms with E-state index in [1.54, 1.807) is 16.2 Å². The molecular weight excluding hydrogens is 338 g/mol. The van der Waals surface area contributed by atoms with Crippen molar-refractivity contribution in [2.24, 2.45) is 0 Å². The molecule has 2 amide bonds. The first kappa shape index (κ1) is 18.2. The molecule has 138 valence electrons. The Hall–Kier alpha value is -1.60. The van der Waals surface area contributed by atoms with Crippen molar-refractivity contribution < 1.29 is 14.3 Å². The van der Waals surface area contributed by atoms with Crippen LogP contribution in [0.15, 0.2) is 17.5 Å². The van der Waals surface area contributed by atoms with E-state index in [0.717, 1.165) is 58.4 Å². The second-order valence-electron chi connectivity index (χ2n) is 6.71. The van der Waals surface area contributed by atoms with Crippen LogP contribution in [0.5, 0.6) is 0 Å². The molecule has 2 aliphatic rings. The number of nitrogens with zero attached hydrogens (tertiary/aromatic N) is 3. The van der Waals surface area contributed by atoms with Crippen molar-refractivity contribution in [2.75, 3.05) is 39.8 Å². The van der Waals surface area contributed by atoms with Crippen molar-refractivity contribution in [1.82, 2.24) is 14.7 Å². The van der Waals surface area contributed by atoms with Crippen molar-refractivity contribution in [2.45, 2.75) is 38.3 Å². The maximum atomic E-state index is 13.0. The van der Waals surface area contributed by atoms with E-state index in [4.69, 9.17) is 4.74 Å². The van der Waals surface area contributed by atoms with Gasteiger partial charge in [-0.2, -0.15) is 0 Å². The summed E-state index contributed by atoms with van der Waals surface area (Å²) >= 11 is 1.78. The molecule has 7 heteroatoms.